The number of nitrogen functional groups attached to an aromatic ring is 2. The number of fused-ring (bicyclic) bond motifs is 10. The highest BCUT2D eigenvalue weighted by molar-refractivity contribution is 6.17. The van der Waals surface area contributed by atoms with E-state index in [1.165, 1.54) is 24.4 Å². The fourth-order valence-corrected chi connectivity index (χ4v) is 10.6. The van der Waals surface area contributed by atoms with Gasteiger partial charge in [-0.05, 0) is 85.0 Å². The average molecular weight is 873 g/mol. The van der Waals surface area contributed by atoms with Crippen LogP contribution in [-0.4, -0.2) is 56.7 Å². The first-order valence-corrected chi connectivity index (χ1v) is 21.7. The monoisotopic (exact) mass is 872 g/mol. The Morgan fingerprint density at radius 2 is 1.48 bits per heavy atom. The van der Waals surface area contributed by atoms with E-state index in [2.05, 4.69) is 15.3 Å². The number of amides is 2. The van der Waals surface area contributed by atoms with Gasteiger partial charge in [0.25, 0.3) is 17.5 Å². The molecule has 5 aliphatic rings. The summed E-state index contributed by atoms with van der Waals surface area (Å²) in [6.45, 7) is 7.93. The number of anilines is 2. The molecule has 4 heterocycles. The minimum Gasteiger partial charge on any atom is -0.454 e. The maximum Gasteiger partial charge on any atom is 0.271 e. The zero-order valence-corrected chi connectivity index (χ0v) is 36.5. The normalized spacial score (nSPS) is 25.7. The quantitative estimate of drug-likeness (QED) is 0.104. The third-order valence-electron chi connectivity index (χ3n) is 14.1. The fourth-order valence-electron chi connectivity index (χ4n) is 10.6. The van der Waals surface area contributed by atoms with E-state index in [0.717, 1.165) is 16.7 Å². The number of rotatable bonds is 9. The van der Waals surface area contributed by atoms with Gasteiger partial charge in [-0.3, -0.25) is 29.2 Å². The molecule has 0 saturated carbocycles. The van der Waals surface area contributed by atoms with Crippen LogP contribution in [0.3, 0.4) is 0 Å². The molecule has 2 amide bonds. The number of allylic oxidation sites excluding steroid dienone is 1. The van der Waals surface area contributed by atoms with Crippen LogP contribution in [0, 0.1) is 5.92 Å². The third kappa shape index (κ3) is 5.53. The van der Waals surface area contributed by atoms with Crippen molar-refractivity contribution in [1.82, 2.24) is 15.2 Å². The molecule has 5 aromatic rings. The molecular formula is C51H48N6O8. The standard InChI is InChI=1S/C51H48N6O8/c1-26(2)30-14-17-35-41(21-30)65-51(63)37-9-7-11-39(53)43(37)45(59)49(35,51)57(5)47(61)33-25-54-19-18-29(33)13-12-28(4)31-15-16-34-40(22-31)64-50(62)36-8-6-10-38(52)42(36)44(58)48(34,50)56-46(60)32-20-27(3)23-55-24-32/h6-11,14-19,21-26,28,32,62-63H,12-13,20,52-53H2,1-5H3,(H,56,60). The van der Waals surface area contributed by atoms with Crippen LogP contribution in [0.4, 0.5) is 11.4 Å². The van der Waals surface area contributed by atoms with Gasteiger partial charge in [-0.2, -0.15) is 0 Å². The zero-order chi connectivity index (χ0) is 46.0. The second-order valence-electron chi connectivity index (χ2n) is 18.2. The molecule has 1 aromatic heterocycles. The smallest absolute Gasteiger partial charge is 0.271 e. The van der Waals surface area contributed by atoms with Gasteiger partial charge in [0.2, 0.25) is 28.6 Å². The molecule has 6 unspecified atom stereocenters. The number of pyridine rings is 1. The lowest BCUT2D eigenvalue weighted by molar-refractivity contribution is -0.191. The Bertz CT molecular complexity index is 3000. The molecule has 0 fully saturated rings. The van der Waals surface area contributed by atoms with Crippen LogP contribution in [0.1, 0.15) is 122 Å². The number of aliphatic imine (C=N–C) groups is 1. The largest absolute Gasteiger partial charge is 0.454 e. The van der Waals surface area contributed by atoms with Crippen LogP contribution in [-0.2, 0) is 33.9 Å². The van der Waals surface area contributed by atoms with Crippen LogP contribution >= 0.6 is 0 Å². The third-order valence-corrected chi connectivity index (χ3v) is 14.1. The zero-order valence-electron chi connectivity index (χ0n) is 36.5. The summed E-state index contributed by atoms with van der Waals surface area (Å²) in [5, 5.41) is 28.1. The van der Waals surface area contributed by atoms with Crippen LogP contribution in [0.2, 0.25) is 0 Å². The molecule has 10 rings (SSSR count). The number of hydrogen-bond acceptors (Lipinski definition) is 12. The van der Waals surface area contributed by atoms with Crippen molar-refractivity contribution in [2.24, 2.45) is 10.9 Å². The van der Waals surface area contributed by atoms with E-state index in [-0.39, 0.29) is 62.3 Å². The number of aromatic nitrogens is 1. The van der Waals surface area contributed by atoms with Crippen molar-refractivity contribution in [1.29, 1.82) is 0 Å². The fraction of sp³-hybridized carbons (Fsp3) is 0.294. The molecule has 2 aliphatic carbocycles. The summed E-state index contributed by atoms with van der Waals surface area (Å²) >= 11 is 0. The predicted molar refractivity (Wildman–Crippen MR) is 241 cm³/mol. The summed E-state index contributed by atoms with van der Waals surface area (Å²) < 4.78 is 12.8. The van der Waals surface area contributed by atoms with Gasteiger partial charge in [0.05, 0.1) is 22.6 Å². The number of aliphatic hydroxyl groups is 2. The lowest BCUT2D eigenvalue weighted by Crippen LogP contribution is -2.61. The van der Waals surface area contributed by atoms with Crippen LogP contribution in [0.5, 0.6) is 11.5 Å². The molecule has 330 valence electrons. The van der Waals surface area contributed by atoms with Crippen molar-refractivity contribution in [3.63, 3.8) is 0 Å². The highest BCUT2D eigenvalue weighted by Crippen LogP contribution is 2.62. The van der Waals surface area contributed by atoms with Crippen LogP contribution < -0.4 is 26.3 Å². The first-order chi connectivity index (χ1) is 31.0. The molecule has 0 spiro atoms. The molecule has 0 bridgehead atoms. The maximum atomic E-state index is 14.9. The highest BCUT2D eigenvalue weighted by Gasteiger charge is 2.75. The van der Waals surface area contributed by atoms with Crippen molar-refractivity contribution in [2.45, 2.75) is 81.4 Å². The van der Waals surface area contributed by atoms with E-state index in [4.69, 9.17) is 20.9 Å². The van der Waals surface area contributed by atoms with Crippen molar-refractivity contribution < 1.29 is 38.9 Å². The summed E-state index contributed by atoms with van der Waals surface area (Å²) in [6, 6.07) is 22.1. The average Bonchev–Trinajstić information content (AvgIpc) is 3.85. The van der Waals surface area contributed by atoms with Crippen molar-refractivity contribution >= 4 is 41.0 Å². The van der Waals surface area contributed by atoms with Crippen molar-refractivity contribution in [2.75, 3.05) is 18.5 Å². The van der Waals surface area contributed by atoms with Gasteiger partial charge in [-0.15, -0.1) is 0 Å². The van der Waals surface area contributed by atoms with Gasteiger partial charge < -0.3 is 41.4 Å². The second kappa shape index (κ2) is 14.4. The lowest BCUT2D eigenvalue weighted by Gasteiger charge is -2.41. The number of carbonyl (C=O) groups is 4. The number of ether oxygens (including phenoxy) is 2. The number of nitrogens with two attached hydrogens (primary N) is 2. The van der Waals surface area contributed by atoms with E-state index < -0.39 is 52.0 Å². The Morgan fingerprint density at radius 3 is 2.18 bits per heavy atom. The van der Waals surface area contributed by atoms with Gasteiger partial charge in [-0.25, -0.2) is 0 Å². The number of nitrogens with zero attached hydrogens (tertiary/aromatic N) is 3. The van der Waals surface area contributed by atoms with Gasteiger partial charge in [-0.1, -0.05) is 74.9 Å². The Morgan fingerprint density at radius 1 is 0.846 bits per heavy atom. The first kappa shape index (κ1) is 41.8. The first-order valence-electron chi connectivity index (χ1n) is 21.7. The Kier molecular flexibility index (Phi) is 9.28. The molecule has 3 aliphatic heterocycles. The van der Waals surface area contributed by atoms with Gasteiger partial charge in [0.1, 0.15) is 11.5 Å². The topological polar surface area (TPSA) is 220 Å². The number of carbonyl (C=O) groups excluding carboxylic acids is 4. The molecular weight excluding hydrogens is 825 g/mol. The van der Waals surface area contributed by atoms with E-state index >= 15 is 0 Å². The van der Waals surface area contributed by atoms with Crippen LogP contribution in [0.15, 0.2) is 108 Å². The highest BCUT2D eigenvalue weighted by atomic mass is 16.6. The number of aryl methyl sites for hydroxylation is 1. The molecule has 65 heavy (non-hydrogen) atoms. The second-order valence-corrected chi connectivity index (χ2v) is 18.2. The molecule has 7 N–H and O–H groups in total. The maximum absolute atomic E-state index is 14.9. The lowest BCUT2D eigenvalue weighted by atomic mass is 9.80. The summed E-state index contributed by atoms with van der Waals surface area (Å²) in [5.74, 6) is -6.98. The number of ketones is 2. The Hall–Kier alpha value is -7.16. The summed E-state index contributed by atoms with van der Waals surface area (Å²) in [7, 11) is 1.49. The molecule has 14 nitrogen and oxygen atoms in total. The van der Waals surface area contributed by atoms with Crippen molar-refractivity contribution in [3.8, 4) is 11.5 Å². The molecule has 6 atom stereocenters. The molecule has 0 radical (unpaired) electrons. The SMILES string of the molecule is CC1=CN=CC(C(=O)NC23C(=O)c4c(N)cccc4C2(O)Oc2cc(C(C)CCc4ccncc4C(=O)N(C)C45C(=O)c6c(N)cccc6C4(O)Oc4cc(C(C)C)ccc45)ccc23)C1. The van der Waals surface area contributed by atoms with E-state index in [1.807, 2.05) is 39.8 Å². The number of hydrogen-bond donors (Lipinski definition) is 5. The van der Waals surface area contributed by atoms with E-state index in [9.17, 15) is 29.4 Å². The summed E-state index contributed by atoms with van der Waals surface area (Å²) in [6.07, 6.45) is 7.56. The molecule has 4 aromatic carbocycles. The number of likely N-dealkylation sites (N-methyl/N-ethyl adjacent to an activating group) is 1. The molecule has 0 saturated heterocycles. The van der Waals surface area contributed by atoms with Crippen molar-refractivity contribution in [3.05, 3.63) is 159 Å². The minimum absolute atomic E-state index is 0.0836. The summed E-state index contributed by atoms with van der Waals surface area (Å²) in [4.78, 5) is 68.1. The number of benzene rings is 4. The van der Waals surface area contributed by atoms with Gasteiger partial charge >= 0.3 is 0 Å². The molecule has 14 heteroatoms. The Balaban J connectivity index is 0.953. The predicted octanol–water partition coefficient (Wildman–Crippen LogP) is 6.25. The Labute approximate surface area is 375 Å². The van der Waals surface area contributed by atoms with E-state index in [0.29, 0.717) is 36.1 Å². The summed E-state index contributed by atoms with van der Waals surface area (Å²) in [5.41, 5.74) is 13.6. The van der Waals surface area contributed by atoms with Crippen LogP contribution in [0.25, 0.3) is 0 Å². The number of nitrogens with one attached hydrogen (secondary N) is 1. The van der Waals surface area contributed by atoms with E-state index in [1.54, 1.807) is 79.1 Å². The van der Waals surface area contributed by atoms with Gasteiger partial charge in [0.15, 0.2) is 0 Å². The van der Waals surface area contributed by atoms with Gasteiger partial charge in [0, 0.05) is 65.5 Å². The minimum atomic E-state index is -2.30. The number of Topliss-reactive ketones (excluding diaryl/α,β-unsaturated/α-hetero) is 2.